The Bertz CT molecular complexity index is 1020. The van der Waals surface area contributed by atoms with Gasteiger partial charge in [-0.1, -0.05) is 0 Å². The monoisotopic (exact) mass is 390 g/mol. The van der Waals surface area contributed by atoms with Gasteiger partial charge in [0.2, 0.25) is 15.9 Å². The van der Waals surface area contributed by atoms with Gasteiger partial charge in [0.15, 0.2) is 0 Å². The molecule has 1 N–H and O–H groups in total. The Hall–Kier alpha value is -2.52. The number of anilines is 1. The number of benzene rings is 1. The molecule has 0 radical (unpaired) electrons. The second-order valence-corrected chi connectivity index (χ2v) is 8.34. The molecule has 1 atom stereocenters. The average molecular weight is 390 g/mol. The number of aromatic nitrogens is 2. The quantitative estimate of drug-likeness (QED) is 0.739. The van der Waals surface area contributed by atoms with Crippen LogP contribution in [0.3, 0.4) is 0 Å². The molecule has 0 saturated carbocycles. The maximum Gasteiger partial charge on any atom is 0.266 e. The summed E-state index contributed by atoms with van der Waals surface area (Å²) < 4.78 is 28.9. The van der Waals surface area contributed by atoms with Crippen LogP contribution in [0.4, 0.5) is 5.69 Å². The Labute approximate surface area is 157 Å². The maximum absolute atomic E-state index is 12.5. The van der Waals surface area contributed by atoms with Gasteiger partial charge < -0.3 is 4.90 Å². The van der Waals surface area contributed by atoms with Crippen molar-refractivity contribution in [1.82, 2.24) is 14.5 Å². The van der Waals surface area contributed by atoms with Crippen LogP contribution in [0.25, 0.3) is 0 Å². The minimum atomic E-state index is -3.66. The number of amides is 1. The zero-order valence-electron chi connectivity index (χ0n) is 15.3. The van der Waals surface area contributed by atoms with Gasteiger partial charge in [0.1, 0.15) is 0 Å². The van der Waals surface area contributed by atoms with Crippen LogP contribution in [0, 0.1) is 0 Å². The smallest absolute Gasteiger partial charge is 0.266 e. The second kappa shape index (κ2) is 7.61. The van der Waals surface area contributed by atoms with Crippen molar-refractivity contribution >= 4 is 21.6 Å². The van der Waals surface area contributed by atoms with E-state index in [1.54, 1.807) is 23.1 Å². The van der Waals surface area contributed by atoms with Crippen molar-refractivity contribution in [2.45, 2.75) is 44.2 Å². The summed E-state index contributed by atoms with van der Waals surface area (Å²) in [5, 5.41) is 3.93. The predicted octanol–water partition coefficient (Wildman–Crippen LogP) is 0.909. The molecule has 27 heavy (non-hydrogen) atoms. The largest absolute Gasteiger partial charge is 0.309 e. The summed E-state index contributed by atoms with van der Waals surface area (Å²) in [6, 6.07) is 7.80. The molecule has 0 bridgehead atoms. The van der Waals surface area contributed by atoms with Crippen molar-refractivity contribution in [2.75, 3.05) is 11.4 Å². The van der Waals surface area contributed by atoms with Crippen LogP contribution >= 0.6 is 0 Å². The van der Waals surface area contributed by atoms with Gasteiger partial charge in [0.25, 0.3) is 5.56 Å². The van der Waals surface area contributed by atoms with Crippen LogP contribution < -0.4 is 15.2 Å². The van der Waals surface area contributed by atoms with Crippen molar-refractivity contribution in [2.24, 2.45) is 0 Å². The lowest BCUT2D eigenvalue weighted by molar-refractivity contribution is -0.116. The van der Waals surface area contributed by atoms with Crippen molar-refractivity contribution in [1.29, 1.82) is 0 Å². The van der Waals surface area contributed by atoms with E-state index in [-0.39, 0.29) is 28.9 Å². The Balaban J connectivity index is 1.66. The number of rotatable bonds is 6. The minimum absolute atomic E-state index is 0.0140. The fourth-order valence-electron chi connectivity index (χ4n) is 3.33. The molecule has 3 rings (SSSR count). The number of hydrogen-bond acceptors (Lipinski definition) is 5. The summed E-state index contributed by atoms with van der Waals surface area (Å²) in [4.78, 5) is 25.2. The fourth-order valence-corrected chi connectivity index (χ4v) is 4.45. The lowest BCUT2D eigenvalue weighted by Gasteiger charge is -2.20. The molecule has 8 nitrogen and oxygen atoms in total. The SMILES string of the molecule is CC(=O)N1c2ccc(S(=O)(=O)NCCCn3ncccc3=O)cc2C[C@@H]1C. The molecular formula is C18H22N4O4S. The van der Waals surface area contributed by atoms with Gasteiger partial charge in [0.05, 0.1) is 4.90 Å². The van der Waals surface area contributed by atoms with Gasteiger partial charge in [0, 0.05) is 44.0 Å². The fraction of sp³-hybridized carbons (Fsp3) is 0.389. The first-order valence-electron chi connectivity index (χ1n) is 8.74. The standard InChI is InChI=1S/C18H22N4O4S/c1-13-11-15-12-16(6-7-17(15)22(13)14(2)23)27(25,26)20-9-4-10-21-18(24)5-3-8-19-21/h3,5-8,12-13,20H,4,9-11H2,1-2H3/t13-/m0/s1. The van der Waals surface area contributed by atoms with Gasteiger partial charge in [-0.15, -0.1) is 0 Å². The van der Waals surface area contributed by atoms with Crippen LogP contribution in [-0.2, 0) is 27.8 Å². The first-order chi connectivity index (χ1) is 12.8. The normalized spacial score (nSPS) is 16.4. The Kier molecular flexibility index (Phi) is 5.43. The molecule has 144 valence electrons. The third-order valence-corrected chi connectivity index (χ3v) is 6.00. The highest BCUT2D eigenvalue weighted by atomic mass is 32.2. The number of aryl methyl sites for hydroxylation is 1. The molecule has 0 aliphatic carbocycles. The third-order valence-electron chi connectivity index (χ3n) is 4.54. The van der Waals surface area contributed by atoms with Crippen molar-refractivity contribution in [3.05, 3.63) is 52.4 Å². The molecule has 0 fully saturated rings. The number of fused-ring (bicyclic) bond motifs is 1. The molecule has 2 heterocycles. The van der Waals surface area contributed by atoms with Crippen LogP contribution in [0.15, 0.2) is 46.2 Å². The van der Waals surface area contributed by atoms with Crippen molar-refractivity contribution < 1.29 is 13.2 Å². The maximum atomic E-state index is 12.5. The van der Waals surface area contributed by atoms with Crippen molar-refractivity contribution in [3.63, 3.8) is 0 Å². The summed E-state index contributed by atoms with van der Waals surface area (Å²) in [6.45, 7) is 3.97. The van der Waals surface area contributed by atoms with E-state index in [1.807, 2.05) is 6.92 Å². The summed E-state index contributed by atoms with van der Waals surface area (Å²) in [6.07, 6.45) is 2.58. The summed E-state index contributed by atoms with van der Waals surface area (Å²) in [7, 11) is -3.66. The van der Waals surface area contributed by atoms with Gasteiger partial charge in [-0.25, -0.2) is 17.8 Å². The molecular weight excluding hydrogens is 368 g/mol. The molecule has 1 aliphatic heterocycles. The van der Waals surface area contributed by atoms with Crippen LogP contribution in [0.2, 0.25) is 0 Å². The number of hydrogen-bond donors (Lipinski definition) is 1. The Morgan fingerprint density at radius 1 is 1.33 bits per heavy atom. The molecule has 1 aromatic carbocycles. The number of nitrogens with zero attached hydrogens (tertiary/aromatic N) is 3. The minimum Gasteiger partial charge on any atom is -0.309 e. The predicted molar refractivity (Wildman–Crippen MR) is 101 cm³/mol. The highest BCUT2D eigenvalue weighted by Crippen LogP contribution is 2.33. The van der Waals surface area contributed by atoms with Crippen LogP contribution in [-0.4, -0.2) is 36.7 Å². The summed E-state index contributed by atoms with van der Waals surface area (Å²) in [5.74, 6) is -0.0558. The molecule has 1 amide bonds. The van der Waals surface area contributed by atoms with E-state index in [0.717, 1.165) is 11.3 Å². The third kappa shape index (κ3) is 4.09. The number of nitrogens with one attached hydrogen (secondary N) is 1. The van der Waals surface area contributed by atoms with E-state index >= 15 is 0 Å². The number of carbonyl (C=O) groups excluding carboxylic acids is 1. The molecule has 1 aliphatic rings. The Morgan fingerprint density at radius 3 is 2.81 bits per heavy atom. The van der Waals surface area contributed by atoms with Crippen LogP contribution in [0.1, 0.15) is 25.8 Å². The molecule has 9 heteroatoms. The van der Waals surface area contributed by atoms with Gasteiger partial charge in [-0.05, 0) is 49.6 Å². The molecule has 0 saturated heterocycles. The molecule has 0 unspecified atom stereocenters. The first kappa shape index (κ1) is 19.2. The molecule has 2 aromatic rings. The second-order valence-electron chi connectivity index (χ2n) is 6.57. The van der Waals surface area contributed by atoms with Crippen molar-refractivity contribution in [3.8, 4) is 0 Å². The summed E-state index contributed by atoms with van der Waals surface area (Å²) in [5.41, 5.74) is 1.40. The van der Waals surface area contributed by atoms with Crippen LogP contribution in [0.5, 0.6) is 0 Å². The topological polar surface area (TPSA) is 101 Å². The lowest BCUT2D eigenvalue weighted by Crippen LogP contribution is -2.33. The highest BCUT2D eigenvalue weighted by molar-refractivity contribution is 7.89. The zero-order valence-corrected chi connectivity index (χ0v) is 16.1. The van der Waals surface area contributed by atoms with E-state index in [0.29, 0.717) is 19.4 Å². The molecule has 1 aromatic heterocycles. The van der Waals surface area contributed by atoms with E-state index in [9.17, 15) is 18.0 Å². The van der Waals surface area contributed by atoms with Gasteiger partial charge >= 0.3 is 0 Å². The van der Waals surface area contributed by atoms with E-state index in [1.165, 1.54) is 29.9 Å². The van der Waals surface area contributed by atoms with E-state index < -0.39 is 10.0 Å². The summed E-state index contributed by atoms with van der Waals surface area (Å²) >= 11 is 0. The van der Waals surface area contributed by atoms with Gasteiger partial charge in [-0.2, -0.15) is 5.10 Å². The average Bonchev–Trinajstić information content (AvgIpc) is 2.95. The Morgan fingerprint density at radius 2 is 2.11 bits per heavy atom. The highest BCUT2D eigenvalue weighted by Gasteiger charge is 2.30. The first-order valence-corrected chi connectivity index (χ1v) is 10.2. The zero-order chi connectivity index (χ0) is 19.6. The van der Waals surface area contributed by atoms with E-state index in [2.05, 4.69) is 9.82 Å². The lowest BCUT2D eigenvalue weighted by atomic mass is 10.1. The number of carbonyl (C=O) groups is 1. The van der Waals surface area contributed by atoms with Gasteiger partial charge in [-0.3, -0.25) is 9.59 Å². The molecule has 0 spiro atoms. The number of sulfonamides is 1. The van der Waals surface area contributed by atoms with E-state index in [4.69, 9.17) is 0 Å².